The number of hydrogen-bond acceptors (Lipinski definition) is 4. The highest BCUT2D eigenvalue weighted by Crippen LogP contribution is 2.39. The quantitative estimate of drug-likeness (QED) is 0.816. The molecule has 0 spiro atoms. The number of fused-ring (bicyclic) bond motifs is 1. The average Bonchev–Trinajstić information content (AvgIpc) is 2.83. The maximum atomic E-state index is 12.2. The molecular weight excluding hydrogens is 358 g/mol. The lowest BCUT2D eigenvalue weighted by atomic mass is 9.85. The lowest BCUT2D eigenvalue weighted by molar-refractivity contribution is 0.00765. The molecule has 0 unspecified atom stereocenters. The molecule has 140 valence electrons. The predicted molar refractivity (Wildman–Crippen MR) is 97.8 cm³/mol. The molecule has 0 atom stereocenters. The van der Waals surface area contributed by atoms with Gasteiger partial charge in [0.2, 0.25) is 0 Å². The van der Waals surface area contributed by atoms with Gasteiger partial charge in [-0.05, 0) is 51.8 Å². The summed E-state index contributed by atoms with van der Waals surface area (Å²) in [6, 6.07) is 4.94. The first-order chi connectivity index (χ1) is 12.1. The highest BCUT2D eigenvalue weighted by Gasteiger charge is 2.39. The summed E-state index contributed by atoms with van der Waals surface area (Å²) < 4.78 is 7.10. The maximum Gasteiger partial charge on any atom is 0.410 e. The molecule has 26 heavy (non-hydrogen) atoms. The minimum atomic E-state index is -1.01. The van der Waals surface area contributed by atoms with Crippen molar-refractivity contribution in [2.75, 3.05) is 7.05 Å². The van der Waals surface area contributed by atoms with Crippen LogP contribution in [0.25, 0.3) is 11.0 Å². The van der Waals surface area contributed by atoms with Crippen molar-refractivity contribution in [3.63, 3.8) is 0 Å². The second kappa shape index (κ2) is 6.46. The number of pyridine rings is 1. The van der Waals surface area contributed by atoms with Crippen molar-refractivity contribution < 1.29 is 19.4 Å². The number of carboxylic acids is 1. The molecule has 0 saturated heterocycles. The summed E-state index contributed by atoms with van der Waals surface area (Å²) >= 11 is 5.99. The van der Waals surface area contributed by atoms with Crippen LogP contribution in [-0.2, 0) is 4.74 Å². The minimum Gasteiger partial charge on any atom is -0.477 e. The summed E-state index contributed by atoms with van der Waals surface area (Å²) in [5.41, 5.74) is 0.179. The van der Waals surface area contributed by atoms with Crippen molar-refractivity contribution in [3.8, 4) is 0 Å². The zero-order valence-corrected chi connectivity index (χ0v) is 15.9. The van der Waals surface area contributed by atoms with Crippen molar-refractivity contribution in [1.82, 2.24) is 14.5 Å². The third-order valence-electron chi connectivity index (χ3n) is 4.55. The topological polar surface area (TPSA) is 84.7 Å². The predicted octanol–water partition coefficient (Wildman–Crippen LogP) is 3.96. The highest BCUT2D eigenvalue weighted by atomic mass is 35.5. The first kappa shape index (κ1) is 18.5. The van der Waals surface area contributed by atoms with Gasteiger partial charge in [0, 0.05) is 24.5 Å². The average molecular weight is 380 g/mol. The van der Waals surface area contributed by atoms with Gasteiger partial charge in [0.15, 0.2) is 0 Å². The number of hydrogen-bond donors (Lipinski definition) is 1. The Morgan fingerprint density at radius 2 is 2.00 bits per heavy atom. The number of carbonyl (C=O) groups excluding carboxylic acids is 1. The number of ether oxygens (including phenoxy) is 1. The molecule has 2 heterocycles. The summed E-state index contributed by atoms with van der Waals surface area (Å²) in [6.07, 6.45) is 0.889. The van der Waals surface area contributed by atoms with Gasteiger partial charge < -0.3 is 19.3 Å². The first-order valence-corrected chi connectivity index (χ1v) is 8.81. The Labute approximate surface area is 156 Å². The van der Waals surface area contributed by atoms with Gasteiger partial charge in [0.05, 0.1) is 0 Å². The van der Waals surface area contributed by atoms with Gasteiger partial charge in [-0.3, -0.25) is 0 Å². The Balaban J connectivity index is 1.80. The van der Waals surface area contributed by atoms with E-state index in [-0.39, 0.29) is 23.9 Å². The van der Waals surface area contributed by atoms with Crippen LogP contribution in [0.15, 0.2) is 18.2 Å². The monoisotopic (exact) mass is 379 g/mol. The van der Waals surface area contributed by atoms with E-state index in [1.807, 2.05) is 20.8 Å². The highest BCUT2D eigenvalue weighted by molar-refractivity contribution is 6.29. The van der Waals surface area contributed by atoms with Crippen LogP contribution in [0.3, 0.4) is 0 Å². The van der Waals surface area contributed by atoms with Gasteiger partial charge in [-0.1, -0.05) is 11.6 Å². The van der Waals surface area contributed by atoms with Crippen LogP contribution in [0, 0.1) is 0 Å². The van der Waals surface area contributed by atoms with Crippen molar-refractivity contribution >= 4 is 34.7 Å². The van der Waals surface area contributed by atoms with Crippen molar-refractivity contribution in [1.29, 1.82) is 0 Å². The third kappa shape index (κ3) is 3.49. The minimum absolute atomic E-state index is 0.00636. The lowest BCUT2D eigenvalue weighted by Gasteiger charge is -2.42. The van der Waals surface area contributed by atoms with Crippen molar-refractivity contribution in [3.05, 3.63) is 29.0 Å². The van der Waals surface area contributed by atoms with Gasteiger partial charge in [-0.2, -0.15) is 0 Å². The van der Waals surface area contributed by atoms with Crippen LogP contribution in [0.4, 0.5) is 4.79 Å². The first-order valence-electron chi connectivity index (χ1n) is 8.43. The molecule has 1 aliphatic rings. The molecule has 3 rings (SSSR count). The van der Waals surface area contributed by atoms with Crippen LogP contribution in [0.5, 0.6) is 0 Å². The van der Waals surface area contributed by atoms with Crippen LogP contribution in [0.2, 0.25) is 5.15 Å². The second-order valence-electron chi connectivity index (χ2n) is 7.62. The van der Waals surface area contributed by atoms with Gasteiger partial charge in [0.25, 0.3) is 0 Å². The molecule has 0 bridgehead atoms. The largest absolute Gasteiger partial charge is 0.477 e. The standard InChI is InChI=1S/C18H22ClN3O4/c1-18(2,3)26-17(25)21(4)11-8-12(9-11)22-13(16(23)24)7-10-5-6-14(19)20-15(10)22/h5-7,11-12H,8-9H2,1-4H3,(H,23,24)/t11-,12-. The van der Waals surface area contributed by atoms with Gasteiger partial charge in [-0.15, -0.1) is 0 Å². The van der Waals surface area contributed by atoms with E-state index in [1.165, 1.54) is 0 Å². The number of carbonyl (C=O) groups is 2. The molecule has 2 aromatic rings. The number of halogens is 1. The number of rotatable bonds is 3. The van der Waals surface area contributed by atoms with E-state index >= 15 is 0 Å². The van der Waals surface area contributed by atoms with Crippen molar-refractivity contribution in [2.45, 2.75) is 51.3 Å². The molecule has 0 aliphatic heterocycles. The molecule has 1 saturated carbocycles. The molecule has 8 heteroatoms. The Morgan fingerprint density at radius 1 is 1.35 bits per heavy atom. The summed E-state index contributed by atoms with van der Waals surface area (Å²) in [4.78, 5) is 29.7. The second-order valence-corrected chi connectivity index (χ2v) is 8.01. The van der Waals surface area contributed by atoms with E-state index in [0.29, 0.717) is 23.6 Å². The molecule has 1 aliphatic carbocycles. The molecule has 7 nitrogen and oxygen atoms in total. The summed E-state index contributed by atoms with van der Waals surface area (Å²) in [5, 5.41) is 10.6. The fourth-order valence-electron chi connectivity index (χ4n) is 3.18. The zero-order valence-electron chi connectivity index (χ0n) is 15.2. The molecule has 0 radical (unpaired) electrons. The Morgan fingerprint density at radius 3 is 2.58 bits per heavy atom. The molecule has 0 aromatic carbocycles. The SMILES string of the molecule is CN(C(=O)OC(C)(C)C)[C@H]1C[C@H](n2c(C(=O)O)cc3ccc(Cl)nc32)C1. The van der Waals surface area contributed by atoms with Crippen LogP contribution >= 0.6 is 11.6 Å². The van der Waals surface area contributed by atoms with Crippen LogP contribution in [-0.4, -0.2) is 50.3 Å². The third-order valence-corrected chi connectivity index (χ3v) is 4.76. The van der Waals surface area contributed by atoms with E-state index in [4.69, 9.17) is 16.3 Å². The number of amides is 1. The van der Waals surface area contributed by atoms with Gasteiger partial charge >= 0.3 is 12.1 Å². The summed E-state index contributed by atoms with van der Waals surface area (Å²) in [6.45, 7) is 5.47. The van der Waals surface area contributed by atoms with Crippen LogP contribution in [0.1, 0.15) is 50.1 Å². The Hall–Kier alpha value is -2.28. The Bertz CT molecular complexity index is 865. The summed E-state index contributed by atoms with van der Waals surface area (Å²) in [5.74, 6) is -1.01. The number of carboxylic acid groups (broad SMARTS) is 1. The van der Waals surface area contributed by atoms with E-state index in [1.54, 1.807) is 34.7 Å². The molecule has 1 fully saturated rings. The normalized spacial score (nSPS) is 19.9. The number of aromatic carboxylic acids is 1. The smallest absolute Gasteiger partial charge is 0.410 e. The summed E-state index contributed by atoms with van der Waals surface area (Å²) in [7, 11) is 1.70. The lowest BCUT2D eigenvalue weighted by Crippen LogP contribution is -2.48. The van der Waals surface area contributed by atoms with Gasteiger partial charge in [0.1, 0.15) is 22.1 Å². The molecule has 1 amide bonds. The Kier molecular flexibility index (Phi) is 4.60. The van der Waals surface area contributed by atoms with Gasteiger partial charge in [-0.25, -0.2) is 14.6 Å². The van der Waals surface area contributed by atoms with E-state index in [2.05, 4.69) is 4.98 Å². The molecule has 1 N–H and O–H groups in total. The molecule has 2 aromatic heterocycles. The maximum absolute atomic E-state index is 12.2. The van der Waals surface area contributed by atoms with Crippen LogP contribution < -0.4 is 0 Å². The fourth-order valence-corrected chi connectivity index (χ4v) is 3.32. The number of aromatic nitrogens is 2. The van der Waals surface area contributed by atoms with E-state index < -0.39 is 11.6 Å². The van der Waals surface area contributed by atoms with E-state index in [9.17, 15) is 14.7 Å². The number of nitrogens with zero attached hydrogens (tertiary/aromatic N) is 3. The van der Waals surface area contributed by atoms with Crippen molar-refractivity contribution in [2.24, 2.45) is 0 Å². The molecular formula is C18H22ClN3O4. The zero-order chi connectivity index (χ0) is 19.2. The fraction of sp³-hybridized carbons (Fsp3) is 0.500. The van der Waals surface area contributed by atoms with E-state index in [0.717, 1.165) is 5.39 Å².